The van der Waals surface area contributed by atoms with E-state index in [0.29, 0.717) is 17.7 Å². The lowest BCUT2D eigenvalue weighted by Crippen LogP contribution is -2.46. The summed E-state index contributed by atoms with van der Waals surface area (Å²) >= 11 is 0. The second-order valence-electron chi connectivity index (χ2n) is 8.95. The van der Waals surface area contributed by atoms with Gasteiger partial charge in [-0.2, -0.15) is 0 Å². The first-order chi connectivity index (χ1) is 18.1. The van der Waals surface area contributed by atoms with Crippen molar-refractivity contribution < 1.29 is 32.6 Å². The molecule has 0 spiro atoms. The molecular weight excluding hydrogens is 510 g/mol. The minimum atomic E-state index is -3.85. The molecule has 0 unspecified atom stereocenters. The Kier molecular flexibility index (Phi) is 12.9. The molecule has 0 aromatic heterocycles. The molecule has 2 rings (SSSR count). The quantitative estimate of drug-likeness (QED) is 0.185. The fourth-order valence-corrected chi connectivity index (χ4v) is 4.19. The van der Waals surface area contributed by atoms with Crippen LogP contribution in [0.1, 0.15) is 70.0 Å². The van der Waals surface area contributed by atoms with Gasteiger partial charge < -0.3 is 20.5 Å². The zero-order chi connectivity index (χ0) is 28.0. The number of ether oxygens (including phenoxy) is 1. The summed E-state index contributed by atoms with van der Waals surface area (Å²) in [7, 11) is -3.85. The standard InChI is InChI=1S/C27H37N3O7S/c1-2-3-4-5-6-10-19-37-27(34)25(26(33)20-11-8-7-9-12-20)30-24(32)18-17-23(31)29-21-13-15-22(16-14-21)38(28,35)36/h7-9,11-16,25-26,33H,2-6,10,17-19H2,1H3,(H,29,31)(H,30,32)(H2,28,35,36)/t25-,26+/m1/s1. The molecule has 0 aliphatic heterocycles. The molecule has 0 bridgehead atoms. The van der Waals surface area contributed by atoms with Gasteiger partial charge in [0.2, 0.25) is 21.8 Å². The van der Waals surface area contributed by atoms with Crippen molar-refractivity contribution >= 4 is 33.5 Å². The highest BCUT2D eigenvalue weighted by Crippen LogP contribution is 2.19. The number of carbonyl (C=O) groups is 3. The number of amides is 2. The Bertz CT molecular complexity index is 1140. The molecule has 2 aromatic rings. The van der Waals surface area contributed by atoms with E-state index in [0.717, 1.165) is 25.7 Å². The van der Waals surface area contributed by atoms with E-state index in [1.807, 2.05) is 0 Å². The summed E-state index contributed by atoms with van der Waals surface area (Å²) in [6, 6.07) is 12.4. The summed E-state index contributed by atoms with van der Waals surface area (Å²) in [5, 5.41) is 20.9. The third kappa shape index (κ3) is 11.0. The number of unbranched alkanes of at least 4 members (excludes halogenated alkanes) is 5. The number of nitrogens with one attached hydrogen (secondary N) is 2. The molecule has 2 atom stereocenters. The molecule has 2 amide bonds. The molecule has 0 aliphatic rings. The lowest BCUT2D eigenvalue weighted by atomic mass is 10.0. The highest BCUT2D eigenvalue weighted by Gasteiger charge is 2.31. The molecule has 0 aliphatic carbocycles. The van der Waals surface area contributed by atoms with E-state index in [1.54, 1.807) is 30.3 Å². The molecule has 10 nitrogen and oxygen atoms in total. The number of benzene rings is 2. The SMILES string of the molecule is CCCCCCCCOC(=O)[C@H](NC(=O)CCC(=O)Nc1ccc(S(N)(=O)=O)cc1)[C@@H](O)c1ccccc1. The van der Waals surface area contributed by atoms with Crippen LogP contribution in [0.4, 0.5) is 5.69 Å². The average molecular weight is 548 g/mol. The minimum absolute atomic E-state index is 0.0960. The monoisotopic (exact) mass is 547 g/mol. The van der Waals surface area contributed by atoms with E-state index >= 15 is 0 Å². The first kappa shape index (κ1) is 30.9. The second kappa shape index (κ2) is 15.9. The average Bonchev–Trinajstić information content (AvgIpc) is 2.90. The van der Waals surface area contributed by atoms with Crippen LogP contribution in [0, 0.1) is 0 Å². The number of aliphatic hydroxyl groups excluding tert-OH is 1. The van der Waals surface area contributed by atoms with Gasteiger partial charge in [0.25, 0.3) is 0 Å². The van der Waals surface area contributed by atoms with E-state index < -0.39 is 40.0 Å². The first-order valence-electron chi connectivity index (χ1n) is 12.7. The summed E-state index contributed by atoms with van der Waals surface area (Å²) in [4.78, 5) is 37.5. The van der Waals surface area contributed by atoms with Crippen molar-refractivity contribution in [1.29, 1.82) is 0 Å². The maximum Gasteiger partial charge on any atom is 0.331 e. The lowest BCUT2D eigenvalue weighted by molar-refractivity contribution is -0.151. The number of primary sulfonamides is 1. The van der Waals surface area contributed by atoms with Crippen LogP contribution < -0.4 is 15.8 Å². The van der Waals surface area contributed by atoms with Crippen LogP contribution in [0.25, 0.3) is 0 Å². The van der Waals surface area contributed by atoms with Crippen LogP contribution in [0.3, 0.4) is 0 Å². The van der Waals surface area contributed by atoms with Crippen LogP contribution >= 0.6 is 0 Å². The third-order valence-electron chi connectivity index (χ3n) is 5.82. The summed E-state index contributed by atoms with van der Waals surface area (Å²) in [5.41, 5.74) is 0.772. The zero-order valence-electron chi connectivity index (χ0n) is 21.6. The predicted octanol–water partition coefficient (Wildman–Crippen LogP) is 3.17. The number of aliphatic hydroxyl groups is 1. The van der Waals surface area contributed by atoms with Crippen molar-refractivity contribution in [1.82, 2.24) is 5.32 Å². The molecule has 0 saturated heterocycles. The van der Waals surface area contributed by atoms with Crippen molar-refractivity contribution in [2.45, 2.75) is 75.3 Å². The van der Waals surface area contributed by atoms with Crippen LogP contribution in [-0.4, -0.2) is 44.0 Å². The Balaban J connectivity index is 1.91. The summed E-state index contributed by atoms with van der Waals surface area (Å²) in [5.74, 6) is -1.85. The third-order valence-corrected chi connectivity index (χ3v) is 6.74. The predicted molar refractivity (Wildman–Crippen MR) is 143 cm³/mol. The smallest absolute Gasteiger partial charge is 0.331 e. The highest BCUT2D eigenvalue weighted by molar-refractivity contribution is 7.89. The number of rotatable bonds is 16. The van der Waals surface area contributed by atoms with Gasteiger partial charge in [-0.05, 0) is 36.2 Å². The topological polar surface area (TPSA) is 165 Å². The van der Waals surface area contributed by atoms with Crippen LogP contribution in [-0.2, 0) is 29.1 Å². The second-order valence-corrected chi connectivity index (χ2v) is 10.5. The summed E-state index contributed by atoms with van der Waals surface area (Å²) in [6.07, 6.45) is 4.32. The molecule has 38 heavy (non-hydrogen) atoms. The van der Waals surface area contributed by atoms with Gasteiger partial charge in [-0.15, -0.1) is 0 Å². The molecule has 0 radical (unpaired) electrons. The van der Waals surface area contributed by atoms with Gasteiger partial charge in [0.15, 0.2) is 6.04 Å². The van der Waals surface area contributed by atoms with Gasteiger partial charge in [-0.25, -0.2) is 18.4 Å². The van der Waals surface area contributed by atoms with Crippen LogP contribution in [0.2, 0.25) is 0 Å². The fraction of sp³-hybridized carbons (Fsp3) is 0.444. The van der Waals surface area contributed by atoms with Crippen molar-refractivity contribution in [3.63, 3.8) is 0 Å². The number of carbonyl (C=O) groups excluding carboxylic acids is 3. The molecule has 0 saturated carbocycles. The molecule has 0 heterocycles. The van der Waals surface area contributed by atoms with E-state index in [-0.39, 0.29) is 24.3 Å². The van der Waals surface area contributed by atoms with Crippen molar-refractivity contribution in [2.24, 2.45) is 5.14 Å². The van der Waals surface area contributed by atoms with Gasteiger partial charge >= 0.3 is 5.97 Å². The van der Waals surface area contributed by atoms with Gasteiger partial charge in [-0.3, -0.25) is 9.59 Å². The normalized spacial score (nSPS) is 12.8. The molecule has 208 valence electrons. The summed E-state index contributed by atoms with van der Waals surface area (Å²) in [6.45, 7) is 2.32. The molecule has 0 fully saturated rings. The number of anilines is 1. The number of esters is 1. The molecule has 5 N–H and O–H groups in total. The van der Waals surface area contributed by atoms with Crippen molar-refractivity contribution in [2.75, 3.05) is 11.9 Å². The Morgan fingerprint density at radius 3 is 2.13 bits per heavy atom. The highest BCUT2D eigenvalue weighted by atomic mass is 32.2. The summed E-state index contributed by atoms with van der Waals surface area (Å²) < 4.78 is 28.0. The number of hydrogen-bond donors (Lipinski definition) is 4. The van der Waals surface area contributed by atoms with Gasteiger partial charge in [0.1, 0.15) is 6.10 Å². The van der Waals surface area contributed by atoms with Gasteiger partial charge in [-0.1, -0.05) is 69.4 Å². The fourth-order valence-electron chi connectivity index (χ4n) is 3.68. The lowest BCUT2D eigenvalue weighted by Gasteiger charge is -2.23. The Labute approximate surface area is 224 Å². The number of nitrogens with two attached hydrogens (primary N) is 1. The van der Waals surface area contributed by atoms with E-state index in [2.05, 4.69) is 17.6 Å². The maximum atomic E-state index is 12.8. The zero-order valence-corrected chi connectivity index (χ0v) is 22.4. The minimum Gasteiger partial charge on any atom is -0.464 e. The van der Waals surface area contributed by atoms with E-state index in [9.17, 15) is 27.9 Å². The number of hydrogen-bond acceptors (Lipinski definition) is 7. The Morgan fingerprint density at radius 1 is 0.895 bits per heavy atom. The van der Waals surface area contributed by atoms with Crippen LogP contribution in [0.15, 0.2) is 59.5 Å². The Hall–Kier alpha value is -3.28. The first-order valence-corrected chi connectivity index (χ1v) is 14.3. The largest absolute Gasteiger partial charge is 0.464 e. The van der Waals surface area contributed by atoms with Crippen molar-refractivity contribution in [3.05, 3.63) is 60.2 Å². The molecule has 11 heteroatoms. The molecule has 2 aromatic carbocycles. The van der Waals surface area contributed by atoms with E-state index in [4.69, 9.17) is 9.88 Å². The molecular formula is C27H37N3O7S. The Morgan fingerprint density at radius 2 is 1.50 bits per heavy atom. The number of sulfonamides is 1. The van der Waals surface area contributed by atoms with Gasteiger partial charge in [0.05, 0.1) is 11.5 Å². The van der Waals surface area contributed by atoms with Crippen molar-refractivity contribution in [3.8, 4) is 0 Å². The van der Waals surface area contributed by atoms with Gasteiger partial charge in [0, 0.05) is 18.5 Å². The van der Waals surface area contributed by atoms with E-state index in [1.165, 1.54) is 30.7 Å². The maximum absolute atomic E-state index is 12.8. The van der Waals surface area contributed by atoms with Crippen LogP contribution in [0.5, 0.6) is 0 Å².